The summed E-state index contributed by atoms with van der Waals surface area (Å²) in [5, 5.41) is 13.6. The molecular weight excluding hydrogens is 445 g/mol. The molecule has 1 aliphatic heterocycles. The van der Waals surface area contributed by atoms with Gasteiger partial charge < -0.3 is 25.6 Å². The summed E-state index contributed by atoms with van der Waals surface area (Å²) in [7, 11) is 1.87. The van der Waals surface area contributed by atoms with Gasteiger partial charge in [0.2, 0.25) is 0 Å². The predicted octanol–water partition coefficient (Wildman–Crippen LogP) is 3.51. The quantitative estimate of drug-likeness (QED) is 0.496. The van der Waals surface area contributed by atoms with Gasteiger partial charge in [-0.15, -0.1) is 0 Å². The molecule has 0 spiro atoms. The van der Waals surface area contributed by atoms with Crippen molar-refractivity contribution in [2.45, 2.75) is 31.2 Å². The average Bonchev–Trinajstić information content (AvgIpc) is 3.10. The Bertz CT molecular complexity index is 1110. The molecule has 1 aromatic carbocycles. The summed E-state index contributed by atoms with van der Waals surface area (Å²) in [6.07, 6.45) is -4.02. The molecule has 1 atom stereocenters. The van der Waals surface area contributed by atoms with Gasteiger partial charge in [0.05, 0.1) is 22.3 Å². The number of piperidine rings is 1. The molecule has 1 saturated heterocycles. The average molecular weight is 469 g/mol. The lowest BCUT2D eigenvalue weighted by molar-refractivity contribution is -0.136. The van der Waals surface area contributed by atoms with Gasteiger partial charge in [0, 0.05) is 32.7 Å². The number of para-hydroxylation sites is 2. The van der Waals surface area contributed by atoms with E-state index in [1.165, 1.54) is 0 Å². The number of aryl methyl sites for hydroxylation is 1. The molecule has 2 aromatic heterocycles. The Balaban J connectivity index is 1.36. The smallest absolute Gasteiger partial charge is 0.396 e. The maximum atomic E-state index is 13.2. The minimum atomic E-state index is -4.60. The number of halogens is 4. The van der Waals surface area contributed by atoms with Crippen molar-refractivity contribution in [1.82, 2.24) is 19.9 Å². The Morgan fingerprint density at radius 3 is 2.59 bits per heavy atom. The molecule has 0 amide bonds. The van der Waals surface area contributed by atoms with Gasteiger partial charge in [-0.25, -0.2) is 9.97 Å². The topological polar surface area (TPSA) is 92.2 Å². The number of nitrogens with two attached hydrogens (primary N) is 1. The predicted molar refractivity (Wildman–Crippen MR) is 118 cm³/mol. The van der Waals surface area contributed by atoms with Gasteiger partial charge in [-0.05, 0) is 31.0 Å². The molecule has 32 heavy (non-hydrogen) atoms. The molecule has 0 aliphatic carbocycles. The zero-order chi connectivity index (χ0) is 23.0. The highest BCUT2D eigenvalue weighted by Crippen LogP contribution is 2.38. The van der Waals surface area contributed by atoms with E-state index in [-0.39, 0.29) is 17.0 Å². The number of aliphatic hydroxyl groups is 1. The summed E-state index contributed by atoms with van der Waals surface area (Å²) in [6.45, 7) is 1.33. The third-order valence-electron chi connectivity index (χ3n) is 5.84. The molecule has 1 fully saturated rings. The molecule has 0 radical (unpaired) electrons. The fraction of sp³-hybridized carbons (Fsp3) is 0.429. The van der Waals surface area contributed by atoms with Crippen LogP contribution in [0.25, 0.3) is 11.0 Å². The highest BCUT2D eigenvalue weighted by atomic mass is 35.5. The molecule has 1 aliphatic rings. The molecule has 0 saturated carbocycles. The number of anilines is 2. The van der Waals surface area contributed by atoms with Crippen LogP contribution in [0, 0.1) is 0 Å². The number of benzene rings is 1. The van der Waals surface area contributed by atoms with Gasteiger partial charge in [-0.1, -0.05) is 23.7 Å². The van der Waals surface area contributed by atoms with Crippen LogP contribution in [-0.2, 0) is 13.2 Å². The molecule has 3 heterocycles. The molecular formula is C21H24ClF3N6O. The number of nitrogen functional groups attached to an aromatic ring is 1. The molecule has 7 nitrogen and oxygen atoms in total. The minimum Gasteiger partial charge on any atom is -0.396 e. The highest BCUT2D eigenvalue weighted by molar-refractivity contribution is 6.32. The van der Waals surface area contributed by atoms with Crippen LogP contribution in [0.4, 0.5) is 24.7 Å². The van der Waals surface area contributed by atoms with Crippen molar-refractivity contribution < 1.29 is 18.3 Å². The number of nitrogens with zero attached hydrogens (tertiary/aromatic N) is 4. The zero-order valence-electron chi connectivity index (χ0n) is 17.4. The summed E-state index contributed by atoms with van der Waals surface area (Å²) >= 11 is 5.85. The lowest BCUT2D eigenvalue weighted by atomic mass is 10.0. The maximum Gasteiger partial charge on any atom is 0.418 e. The number of nitrogens with one attached hydrogen (secondary N) is 1. The number of alkyl halides is 3. The maximum absolute atomic E-state index is 13.2. The molecule has 172 valence electrons. The number of hydrogen-bond donors (Lipinski definition) is 3. The van der Waals surface area contributed by atoms with Crippen molar-refractivity contribution in [2.24, 2.45) is 7.05 Å². The number of imidazole rings is 1. The fourth-order valence-electron chi connectivity index (χ4n) is 4.05. The standard InChI is InChI=1S/C21H24ClF3N6O/c1-30-15-5-3-2-4-14(15)28-20(30)16(32)11-27-12-6-8-31(9-7-12)17-10-13(21(23,24)25)18(26)19(22)29-17/h2-5,10,12,16,27,32H,6-9,11,26H2,1H3. The summed E-state index contributed by atoms with van der Waals surface area (Å²) in [5.41, 5.74) is 5.70. The van der Waals surface area contributed by atoms with Crippen molar-refractivity contribution >= 4 is 34.1 Å². The SMILES string of the molecule is Cn1c(C(O)CNC2CCN(c3cc(C(F)(F)F)c(N)c(Cl)n3)CC2)nc2ccccc21. The second kappa shape index (κ2) is 8.76. The second-order valence-electron chi connectivity index (χ2n) is 7.93. The van der Waals surface area contributed by atoms with Gasteiger partial charge in [-0.2, -0.15) is 13.2 Å². The first-order chi connectivity index (χ1) is 15.1. The number of pyridine rings is 1. The van der Waals surface area contributed by atoms with Crippen LogP contribution in [0.5, 0.6) is 0 Å². The van der Waals surface area contributed by atoms with E-state index in [1.807, 2.05) is 35.9 Å². The summed E-state index contributed by atoms with van der Waals surface area (Å²) in [6, 6.07) is 8.73. The van der Waals surface area contributed by atoms with Crippen LogP contribution < -0.4 is 16.0 Å². The van der Waals surface area contributed by atoms with Gasteiger partial charge >= 0.3 is 6.18 Å². The zero-order valence-corrected chi connectivity index (χ0v) is 18.2. The highest BCUT2D eigenvalue weighted by Gasteiger charge is 2.35. The van der Waals surface area contributed by atoms with Gasteiger partial charge in [0.15, 0.2) is 5.15 Å². The van der Waals surface area contributed by atoms with E-state index >= 15 is 0 Å². The van der Waals surface area contributed by atoms with Gasteiger partial charge in [-0.3, -0.25) is 0 Å². The van der Waals surface area contributed by atoms with E-state index in [2.05, 4.69) is 15.3 Å². The van der Waals surface area contributed by atoms with Crippen molar-refractivity contribution in [2.75, 3.05) is 30.3 Å². The van der Waals surface area contributed by atoms with Crippen LogP contribution in [0.3, 0.4) is 0 Å². The van der Waals surface area contributed by atoms with Crippen molar-refractivity contribution in [3.63, 3.8) is 0 Å². The van der Waals surface area contributed by atoms with Crippen LogP contribution in [0.1, 0.15) is 30.3 Å². The molecule has 1 unspecified atom stereocenters. The monoisotopic (exact) mass is 468 g/mol. The third kappa shape index (κ3) is 4.48. The molecule has 3 aromatic rings. The molecule has 11 heteroatoms. The second-order valence-corrected chi connectivity index (χ2v) is 8.29. The molecule has 4 rings (SSSR count). The van der Waals surface area contributed by atoms with Crippen molar-refractivity contribution in [3.8, 4) is 0 Å². The van der Waals surface area contributed by atoms with E-state index in [1.54, 1.807) is 4.90 Å². The van der Waals surface area contributed by atoms with E-state index in [9.17, 15) is 18.3 Å². The summed E-state index contributed by atoms with van der Waals surface area (Å²) in [4.78, 5) is 10.3. The lowest BCUT2D eigenvalue weighted by Crippen LogP contribution is -2.44. The first-order valence-corrected chi connectivity index (χ1v) is 10.6. The molecule has 0 bridgehead atoms. The van der Waals surface area contributed by atoms with Crippen molar-refractivity contribution in [3.05, 3.63) is 46.9 Å². The number of aliphatic hydroxyl groups excluding tert-OH is 1. The van der Waals surface area contributed by atoms with Crippen LogP contribution in [0.15, 0.2) is 30.3 Å². The Kier molecular flexibility index (Phi) is 6.19. The van der Waals surface area contributed by atoms with E-state index < -0.39 is 23.5 Å². The first kappa shape index (κ1) is 22.6. The fourth-order valence-corrected chi connectivity index (χ4v) is 4.24. The first-order valence-electron chi connectivity index (χ1n) is 10.3. The number of aromatic nitrogens is 3. The van der Waals surface area contributed by atoms with Crippen molar-refractivity contribution in [1.29, 1.82) is 0 Å². The van der Waals surface area contributed by atoms with Crippen LogP contribution in [0.2, 0.25) is 5.15 Å². The Labute approximate surface area is 188 Å². The normalized spacial score (nSPS) is 16.6. The lowest BCUT2D eigenvalue weighted by Gasteiger charge is -2.34. The number of hydrogen-bond acceptors (Lipinski definition) is 6. The minimum absolute atomic E-state index is 0.113. The number of rotatable bonds is 5. The Morgan fingerprint density at radius 2 is 1.94 bits per heavy atom. The van der Waals surface area contributed by atoms with Gasteiger partial charge in [0.25, 0.3) is 0 Å². The third-order valence-corrected chi connectivity index (χ3v) is 6.13. The summed E-state index contributed by atoms with van der Waals surface area (Å²) < 4.78 is 41.5. The van der Waals surface area contributed by atoms with Crippen LogP contribution >= 0.6 is 11.6 Å². The van der Waals surface area contributed by atoms with Crippen LogP contribution in [-0.4, -0.2) is 45.3 Å². The van der Waals surface area contributed by atoms with E-state index in [4.69, 9.17) is 17.3 Å². The van der Waals surface area contributed by atoms with E-state index in [0.717, 1.165) is 17.1 Å². The Morgan fingerprint density at radius 1 is 1.25 bits per heavy atom. The van der Waals surface area contributed by atoms with Gasteiger partial charge in [0.1, 0.15) is 17.7 Å². The van der Waals surface area contributed by atoms with E-state index in [0.29, 0.717) is 38.3 Å². The largest absolute Gasteiger partial charge is 0.418 e. The number of fused-ring (bicyclic) bond motifs is 1. The Hall–Kier alpha value is -2.56. The summed E-state index contributed by atoms with van der Waals surface area (Å²) in [5.74, 6) is 0.742. The molecule has 4 N–H and O–H groups in total.